The first-order chi connectivity index (χ1) is 9.65. The molecule has 1 amide bonds. The molecule has 0 radical (unpaired) electrons. The van der Waals surface area contributed by atoms with E-state index in [2.05, 4.69) is 16.7 Å². The topological polar surface area (TPSA) is 36.0 Å². The standard InChI is InChI=1S/C13H23N3O2S2/c1-3-14-9-16(13(19)20-10-14)11-5-7-15(8-6-11)12(17)18-4-2/h11H,3-10H2,1-2H3. The highest BCUT2D eigenvalue weighted by atomic mass is 32.2. The van der Waals surface area contributed by atoms with Gasteiger partial charge < -0.3 is 14.5 Å². The van der Waals surface area contributed by atoms with Crippen molar-refractivity contribution < 1.29 is 9.53 Å². The molecule has 0 saturated carbocycles. The molecule has 2 heterocycles. The number of hydrogen-bond donors (Lipinski definition) is 0. The summed E-state index contributed by atoms with van der Waals surface area (Å²) >= 11 is 7.23. The van der Waals surface area contributed by atoms with Gasteiger partial charge in [0.25, 0.3) is 0 Å². The van der Waals surface area contributed by atoms with E-state index < -0.39 is 0 Å². The minimum absolute atomic E-state index is 0.184. The number of thioether (sulfide) groups is 1. The number of carbonyl (C=O) groups is 1. The Morgan fingerprint density at radius 3 is 2.70 bits per heavy atom. The van der Waals surface area contributed by atoms with Crippen molar-refractivity contribution in [3.05, 3.63) is 0 Å². The lowest BCUT2D eigenvalue weighted by Crippen LogP contribution is -2.53. The maximum Gasteiger partial charge on any atom is 0.409 e. The second kappa shape index (κ2) is 7.47. The first kappa shape index (κ1) is 15.9. The Morgan fingerprint density at radius 1 is 1.40 bits per heavy atom. The molecule has 0 atom stereocenters. The molecule has 20 heavy (non-hydrogen) atoms. The largest absolute Gasteiger partial charge is 0.450 e. The van der Waals surface area contributed by atoms with E-state index in [-0.39, 0.29) is 6.09 Å². The Balaban J connectivity index is 1.86. The molecule has 0 bridgehead atoms. The summed E-state index contributed by atoms with van der Waals surface area (Å²) in [6.07, 6.45) is 1.76. The molecule has 114 valence electrons. The van der Waals surface area contributed by atoms with E-state index in [1.165, 1.54) is 0 Å². The monoisotopic (exact) mass is 317 g/mol. The normalized spacial score (nSPS) is 22.2. The van der Waals surface area contributed by atoms with Gasteiger partial charge in [0.2, 0.25) is 0 Å². The molecule has 2 aliphatic rings. The Morgan fingerprint density at radius 2 is 2.10 bits per heavy atom. The van der Waals surface area contributed by atoms with Gasteiger partial charge in [0, 0.05) is 19.1 Å². The second-order valence-electron chi connectivity index (χ2n) is 5.05. The molecule has 7 heteroatoms. The summed E-state index contributed by atoms with van der Waals surface area (Å²) in [4.78, 5) is 18.2. The molecule has 5 nitrogen and oxygen atoms in total. The summed E-state index contributed by atoms with van der Waals surface area (Å²) in [6, 6.07) is 0.454. The van der Waals surface area contributed by atoms with Crippen molar-refractivity contribution in [3.63, 3.8) is 0 Å². The van der Waals surface area contributed by atoms with Crippen molar-refractivity contribution in [2.45, 2.75) is 32.7 Å². The Labute approximate surface area is 130 Å². The average Bonchev–Trinajstić information content (AvgIpc) is 2.48. The minimum Gasteiger partial charge on any atom is -0.450 e. The Kier molecular flexibility index (Phi) is 5.92. The third-order valence-electron chi connectivity index (χ3n) is 3.84. The van der Waals surface area contributed by atoms with Crippen LogP contribution >= 0.6 is 24.0 Å². The summed E-state index contributed by atoms with van der Waals surface area (Å²) in [5, 5.41) is 0. The van der Waals surface area contributed by atoms with Crippen LogP contribution in [0.5, 0.6) is 0 Å². The quantitative estimate of drug-likeness (QED) is 0.743. The van der Waals surface area contributed by atoms with Gasteiger partial charge in [0.05, 0.1) is 19.2 Å². The zero-order valence-corrected chi connectivity index (χ0v) is 13.8. The van der Waals surface area contributed by atoms with E-state index in [1.807, 2.05) is 6.92 Å². The third kappa shape index (κ3) is 3.77. The highest BCUT2D eigenvalue weighted by Gasteiger charge is 2.31. The molecule has 0 unspecified atom stereocenters. The molecule has 0 aromatic carbocycles. The van der Waals surface area contributed by atoms with Gasteiger partial charge in [-0.15, -0.1) is 0 Å². The Bertz CT molecular complexity index is 360. The van der Waals surface area contributed by atoms with Crippen molar-refractivity contribution in [2.75, 3.05) is 38.8 Å². The number of amides is 1. The number of hydrogen-bond acceptors (Lipinski definition) is 5. The van der Waals surface area contributed by atoms with Gasteiger partial charge >= 0.3 is 6.09 Å². The zero-order valence-electron chi connectivity index (χ0n) is 12.2. The molecule has 0 aromatic heterocycles. The van der Waals surface area contributed by atoms with Crippen molar-refractivity contribution >= 4 is 34.4 Å². The number of thiocarbonyl (C=S) groups is 1. The third-order valence-corrected chi connectivity index (χ3v) is 5.40. The molecular weight excluding hydrogens is 294 g/mol. The molecular formula is C13H23N3O2S2. The summed E-state index contributed by atoms with van der Waals surface area (Å²) in [7, 11) is 0. The van der Waals surface area contributed by atoms with Crippen LogP contribution < -0.4 is 0 Å². The zero-order chi connectivity index (χ0) is 14.5. The molecule has 2 saturated heterocycles. The van der Waals surface area contributed by atoms with E-state index in [1.54, 1.807) is 16.7 Å². The highest BCUT2D eigenvalue weighted by Crippen LogP contribution is 2.25. The fraction of sp³-hybridized carbons (Fsp3) is 0.846. The lowest BCUT2D eigenvalue weighted by atomic mass is 10.0. The fourth-order valence-electron chi connectivity index (χ4n) is 2.57. The number of carbonyl (C=O) groups excluding carboxylic acids is 1. The van der Waals surface area contributed by atoms with Gasteiger partial charge in [0.15, 0.2) is 0 Å². The van der Waals surface area contributed by atoms with Gasteiger partial charge in [-0.2, -0.15) is 0 Å². The van der Waals surface area contributed by atoms with E-state index in [0.717, 1.165) is 49.3 Å². The number of likely N-dealkylation sites (tertiary alicyclic amines) is 1. The number of piperidine rings is 1. The molecule has 0 aromatic rings. The summed E-state index contributed by atoms with van der Waals surface area (Å²) in [6.45, 7) is 7.96. The summed E-state index contributed by atoms with van der Waals surface area (Å²) in [5.74, 6) is 0.994. The van der Waals surface area contributed by atoms with Crippen LogP contribution in [0.25, 0.3) is 0 Å². The minimum atomic E-state index is -0.184. The van der Waals surface area contributed by atoms with E-state index in [9.17, 15) is 4.79 Å². The van der Waals surface area contributed by atoms with E-state index in [0.29, 0.717) is 12.6 Å². The molecule has 2 aliphatic heterocycles. The van der Waals surface area contributed by atoms with E-state index in [4.69, 9.17) is 17.0 Å². The molecule has 0 spiro atoms. The Hall–Kier alpha value is -0.530. The van der Waals surface area contributed by atoms with Crippen LogP contribution in [0.15, 0.2) is 0 Å². The highest BCUT2D eigenvalue weighted by molar-refractivity contribution is 8.22. The molecule has 2 rings (SSSR count). The van der Waals surface area contributed by atoms with Crippen molar-refractivity contribution in [3.8, 4) is 0 Å². The maximum absolute atomic E-state index is 11.7. The van der Waals surface area contributed by atoms with Crippen LogP contribution in [0.1, 0.15) is 26.7 Å². The van der Waals surface area contributed by atoms with Crippen LogP contribution in [-0.4, -0.2) is 69.9 Å². The van der Waals surface area contributed by atoms with Gasteiger partial charge in [-0.05, 0) is 26.3 Å². The number of rotatable bonds is 3. The van der Waals surface area contributed by atoms with Gasteiger partial charge in [0.1, 0.15) is 4.32 Å². The number of ether oxygens (including phenoxy) is 1. The first-order valence-electron chi connectivity index (χ1n) is 7.23. The van der Waals surface area contributed by atoms with Crippen LogP contribution in [0.4, 0.5) is 4.79 Å². The molecule has 0 aliphatic carbocycles. The van der Waals surface area contributed by atoms with Gasteiger partial charge in [-0.3, -0.25) is 4.90 Å². The number of nitrogens with zero attached hydrogens (tertiary/aromatic N) is 3. The molecule has 0 N–H and O–H groups in total. The second-order valence-corrected chi connectivity index (χ2v) is 6.63. The first-order valence-corrected chi connectivity index (χ1v) is 8.62. The lowest BCUT2D eigenvalue weighted by Gasteiger charge is -2.44. The smallest absolute Gasteiger partial charge is 0.409 e. The predicted molar refractivity (Wildman–Crippen MR) is 85.8 cm³/mol. The van der Waals surface area contributed by atoms with Crippen LogP contribution in [0.2, 0.25) is 0 Å². The van der Waals surface area contributed by atoms with Crippen molar-refractivity contribution in [1.82, 2.24) is 14.7 Å². The van der Waals surface area contributed by atoms with Crippen LogP contribution in [-0.2, 0) is 4.74 Å². The lowest BCUT2D eigenvalue weighted by molar-refractivity contribution is 0.0795. The van der Waals surface area contributed by atoms with Crippen LogP contribution in [0.3, 0.4) is 0 Å². The van der Waals surface area contributed by atoms with Crippen molar-refractivity contribution in [1.29, 1.82) is 0 Å². The van der Waals surface area contributed by atoms with Gasteiger partial charge in [-0.25, -0.2) is 4.79 Å². The van der Waals surface area contributed by atoms with Crippen molar-refractivity contribution in [2.24, 2.45) is 0 Å². The molecule has 2 fully saturated rings. The van der Waals surface area contributed by atoms with Gasteiger partial charge in [-0.1, -0.05) is 30.9 Å². The fourth-order valence-corrected chi connectivity index (χ4v) is 3.87. The van der Waals surface area contributed by atoms with Crippen LogP contribution in [0, 0.1) is 0 Å². The maximum atomic E-state index is 11.7. The summed E-state index contributed by atoms with van der Waals surface area (Å²) < 4.78 is 6.06. The van der Waals surface area contributed by atoms with E-state index >= 15 is 0 Å². The average molecular weight is 317 g/mol. The SMILES string of the molecule is CCOC(=O)N1CCC(N2CN(CC)CSC2=S)CC1. The summed E-state index contributed by atoms with van der Waals surface area (Å²) in [5.41, 5.74) is 0. The predicted octanol–water partition coefficient (Wildman–Crippen LogP) is 2.18.